The predicted octanol–water partition coefficient (Wildman–Crippen LogP) is 1.80. The molecule has 0 aliphatic carbocycles. The molecule has 21 heavy (non-hydrogen) atoms. The van der Waals surface area contributed by atoms with Crippen LogP contribution in [-0.2, 0) is 4.65 Å². The van der Waals surface area contributed by atoms with Gasteiger partial charge < -0.3 is 14.8 Å². The Balaban J connectivity index is 2.28. The molecule has 1 aromatic carbocycles. The zero-order valence-electron chi connectivity index (χ0n) is 13.2. The lowest BCUT2D eigenvalue weighted by molar-refractivity contribution is -0.0982. The lowest BCUT2D eigenvalue weighted by Crippen LogP contribution is -2.53. The standard InChI is InChI=1S/C16H22BNO3/c1-11-6-7-12-10-13(8-9-14(12)18-11)17(20)21-16(4,5)15(2,3)19/h6-10,19-20H,1-5H3. The lowest BCUT2D eigenvalue weighted by Gasteiger charge is -2.38. The van der Waals surface area contributed by atoms with Crippen molar-refractivity contribution in [2.24, 2.45) is 0 Å². The Bertz CT molecular complexity index is 650. The van der Waals surface area contributed by atoms with E-state index in [9.17, 15) is 10.1 Å². The summed E-state index contributed by atoms with van der Waals surface area (Å²) in [6, 6.07) is 9.41. The molecule has 0 radical (unpaired) electrons. The molecule has 4 nitrogen and oxygen atoms in total. The number of aliphatic hydroxyl groups is 1. The van der Waals surface area contributed by atoms with Gasteiger partial charge in [-0.3, -0.25) is 4.98 Å². The normalized spacial score (nSPS) is 12.7. The molecule has 1 heterocycles. The molecule has 0 saturated heterocycles. The molecular formula is C16H22BNO3. The van der Waals surface area contributed by atoms with Gasteiger partial charge in [-0.2, -0.15) is 0 Å². The monoisotopic (exact) mass is 287 g/mol. The van der Waals surface area contributed by atoms with Crippen LogP contribution >= 0.6 is 0 Å². The average molecular weight is 287 g/mol. The van der Waals surface area contributed by atoms with Crippen LogP contribution in [0.25, 0.3) is 10.9 Å². The van der Waals surface area contributed by atoms with Crippen molar-refractivity contribution in [2.75, 3.05) is 0 Å². The molecule has 0 atom stereocenters. The Labute approximate surface area is 125 Å². The van der Waals surface area contributed by atoms with Gasteiger partial charge in [-0.05, 0) is 57.6 Å². The molecule has 2 N–H and O–H groups in total. The third kappa shape index (κ3) is 3.43. The summed E-state index contributed by atoms with van der Waals surface area (Å²) in [4.78, 5) is 4.43. The molecular weight excluding hydrogens is 265 g/mol. The maximum Gasteiger partial charge on any atom is 0.491 e. The van der Waals surface area contributed by atoms with E-state index in [0.29, 0.717) is 5.46 Å². The molecule has 0 bridgehead atoms. The van der Waals surface area contributed by atoms with Gasteiger partial charge in [0.25, 0.3) is 0 Å². The summed E-state index contributed by atoms with van der Waals surface area (Å²) in [5.74, 6) is 0. The van der Waals surface area contributed by atoms with Crippen LogP contribution in [0.3, 0.4) is 0 Å². The Morgan fingerprint density at radius 1 is 1.10 bits per heavy atom. The van der Waals surface area contributed by atoms with Crippen LogP contribution in [0.5, 0.6) is 0 Å². The van der Waals surface area contributed by atoms with Crippen LogP contribution in [0.15, 0.2) is 30.3 Å². The molecule has 2 rings (SSSR count). The van der Waals surface area contributed by atoms with Gasteiger partial charge in [-0.15, -0.1) is 0 Å². The fourth-order valence-electron chi connectivity index (χ4n) is 1.89. The topological polar surface area (TPSA) is 62.6 Å². The molecule has 0 spiro atoms. The van der Waals surface area contributed by atoms with Crippen LogP contribution in [0.2, 0.25) is 0 Å². The molecule has 0 fully saturated rings. The van der Waals surface area contributed by atoms with Crippen LogP contribution in [-0.4, -0.2) is 33.4 Å². The summed E-state index contributed by atoms with van der Waals surface area (Å²) in [5, 5.41) is 21.3. The fourth-order valence-corrected chi connectivity index (χ4v) is 1.89. The summed E-state index contributed by atoms with van der Waals surface area (Å²) in [5.41, 5.74) is 0.532. The number of aromatic nitrogens is 1. The first kappa shape index (κ1) is 16.0. The van der Waals surface area contributed by atoms with E-state index < -0.39 is 18.3 Å². The molecule has 1 aromatic heterocycles. The van der Waals surface area contributed by atoms with Gasteiger partial charge in [0.2, 0.25) is 0 Å². The van der Waals surface area contributed by atoms with Gasteiger partial charge in [0, 0.05) is 5.69 Å². The van der Waals surface area contributed by atoms with E-state index >= 15 is 0 Å². The van der Waals surface area contributed by atoms with E-state index in [2.05, 4.69) is 4.98 Å². The fraction of sp³-hybridized carbons (Fsp3) is 0.438. The van der Waals surface area contributed by atoms with Gasteiger partial charge >= 0.3 is 7.12 Å². The van der Waals surface area contributed by atoms with E-state index in [-0.39, 0.29) is 0 Å². The third-order valence-electron chi connectivity index (χ3n) is 4.02. The maximum absolute atomic E-state index is 10.3. The Kier molecular flexibility index (Phi) is 4.11. The molecule has 112 valence electrons. The molecule has 2 aromatic rings. The first-order valence-electron chi connectivity index (χ1n) is 7.06. The second-order valence-corrected chi connectivity index (χ2v) is 6.44. The minimum Gasteiger partial charge on any atom is -0.423 e. The molecule has 0 aliphatic heterocycles. The average Bonchev–Trinajstić information content (AvgIpc) is 2.36. The van der Waals surface area contributed by atoms with Gasteiger partial charge in [-0.25, -0.2) is 0 Å². The minimum atomic E-state index is -1.10. The predicted molar refractivity (Wildman–Crippen MR) is 85.5 cm³/mol. The highest BCUT2D eigenvalue weighted by molar-refractivity contribution is 6.60. The van der Waals surface area contributed by atoms with Crippen LogP contribution in [0, 0.1) is 6.92 Å². The minimum absolute atomic E-state index is 0.644. The highest BCUT2D eigenvalue weighted by atomic mass is 16.5. The number of hydrogen-bond acceptors (Lipinski definition) is 4. The summed E-state index contributed by atoms with van der Waals surface area (Å²) >= 11 is 0. The molecule has 0 amide bonds. The number of aryl methyl sites for hydroxylation is 1. The van der Waals surface area contributed by atoms with Crippen molar-refractivity contribution >= 4 is 23.5 Å². The van der Waals surface area contributed by atoms with Crippen molar-refractivity contribution in [2.45, 2.75) is 45.8 Å². The summed E-state index contributed by atoms with van der Waals surface area (Å²) < 4.78 is 5.65. The second-order valence-electron chi connectivity index (χ2n) is 6.44. The van der Waals surface area contributed by atoms with Crippen molar-refractivity contribution in [1.29, 1.82) is 0 Å². The number of rotatable bonds is 4. The van der Waals surface area contributed by atoms with Gasteiger partial charge in [0.1, 0.15) is 0 Å². The lowest BCUT2D eigenvalue weighted by atomic mass is 9.76. The van der Waals surface area contributed by atoms with E-state index in [4.69, 9.17) is 4.65 Å². The van der Waals surface area contributed by atoms with E-state index in [1.807, 2.05) is 31.2 Å². The van der Waals surface area contributed by atoms with Crippen molar-refractivity contribution in [3.8, 4) is 0 Å². The number of nitrogens with zero attached hydrogens (tertiary/aromatic N) is 1. The van der Waals surface area contributed by atoms with Crippen LogP contribution < -0.4 is 5.46 Å². The SMILES string of the molecule is Cc1ccc2cc(B(O)OC(C)(C)C(C)(C)O)ccc2n1. The van der Waals surface area contributed by atoms with Gasteiger partial charge in [0.15, 0.2) is 0 Å². The number of fused-ring (bicyclic) bond motifs is 1. The highest BCUT2D eigenvalue weighted by Gasteiger charge is 2.39. The van der Waals surface area contributed by atoms with Gasteiger partial charge in [0.05, 0.1) is 16.7 Å². The third-order valence-corrected chi connectivity index (χ3v) is 4.02. The summed E-state index contributed by atoms with van der Waals surface area (Å²) in [6.07, 6.45) is 0. The van der Waals surface area contributed by atoms with Gasteiger partial charge in [-0.1, -0.05) is 18.2 Å². The molecule has 5 heteroatoms. The van der Waals surface area contributed by atoms with Crippen LogP contribution in [0.4, 0.5) is 0 Å². The van der Waals surface area contributed by atoms with Crippen molar-refractivity contribution in [3.63, 3.8) is 0 Å². The Morgan fingerprint density at radius 2 is 1.76 bits per heavy atom. The summed E-state index contributed by atoms with van der Waals surface area (Å²) in [6.45, 7) is 8.77. The summed E-state index contributed by atoms with van der Waals surface area (Å²) in [7, 11) is -1.10. The molecule has 0 saturated carbocycles. The van der Waals surface area contributed by atoms with Crippen molar-refractivity contribution in [1.82, 2.24) is 4.98 Å². The van der Waals surface area contributed by atoms with Crippen molar-refractivity contribution < 1.29 is 14.8 Å². The van der Waals surface area contributed by atoms with E-state index in [1.165, 1.54) is 0 Å². The highest BCUT2D eigenvalue weighted by Crippen LogP contribution is 2.25. The Hall–Kier alpha value is -1.43. The van der Waals surface area contributed by atoms with E-state index in [1.54, 1.807) is 33.8 Å². The molecule has 0 aliphatic rings. The number of pyridine rings is 1. The number of benzene rings is 1. The largest absolute Gasteiger partial charge is 0.491 e. The maximum atomic E-state index is 10.3. The first-order valence-corrected chi connectivity index (χ1v) is 7.06. The zero-order chi connectivity index (χ0) is 15.8. The van der Waals surface area contributed by atoms with Crippen molar-refractivity contribution in [3.05, 3.63) is 36.0 Å². The second kappa shape index (κ2) is 5.41. The molecule has 0 unspecified atom stereocenters. The smallest absolute Gasteiger partial charge is 0.423 e. The zero-order valence-corrected chi connectivity index (χ0v) is 13.2. The first-order chi connectivity index (χ1) is 9.60. The number of hydrogen-bond donors (Lipinski definition) is 2. The van der Waals surface area contributed by atoms with Crippen LogP contribution in [0.1, 0.15) is 33.4 Å². The quantitative estimate of drug-likeness (QED) is 0.842. The Morgan fingerprint density at radius 3 is 2.38 bits per heavy atom. The van der Waals surface area contributed by atoms with E-state index in [0.717, 1.165) is 16.6 Å².